The minimum Gasteiger partial charge on any atom is -0.319 e. The highest BCUT2D eigenvalue weighted by molar-refractivity contribution is 6.11. The van der Waals surface area contributed by atoms with E-state index in [-0.39, 0.29) is 0 Å². The van der Waals surface area contributed by atoms with Crippen LogP contribution >= 0.6 is 0 Å². The monoisotopic (exact) mass is 419 g/mol. The van der Waals surface area contributed by atoms with Gasteiger partial charge in [0, 0.05) is 17.0 Å². The Kier molecular flexibility index (Phi) is 4.97. The summed E-state index contributed by atoms with van der Waals surface area (Å²) in [6.07, 6.45) is 0. The third kappa shape index (κ3) is 3.32. The molecule has 2 heterocycles. The molecule has 3 amide bonds. The lowest BCUT2D eigenvalue weighted by Gasteiger charge is -2.22. The molecule has 4 rings (SSSR count). The number of aryl methyl sites for hydroxylation is 1. The number of hydrogen-bond acceptors (Lipinski definition) is 3. The Balaban J connectivity index is 1.62. The van der Waals surface area contributed by atoms with Crippen LogP contribution in [0.2, 0.25) is 0 Å². The van der Waals surface area contributed by atoms with Crippen molar-refractivity contribution >= 4 is 17.7 Å². The van der Waals surface area contributed by atoms with E-state index in [1.54, 1.807) is 73.9 Å². The standard InChI is InChI=1S/C24H22FN3O3/c1-15-13-18(16(2)28(15)20-12-8-7-11-19(20)25)21(29)14-27-22(30)24(3,26-23(27)31)17-9-5-4-6-10-17/h4-13H,14H2,1-3H3,(H,26,31). The van der Waals surface area contributed by atoms with E-state index in [0.717, 1.165) is 4.90 Å². The summed E-state index contributed by atoms with van der Waals surface area (Å²) in [5.74, 6) is -1.28. The highest BCUT2D eigenvalue weighted by atomic mass is 19.1. The van der Waals surface area contributed by atoms with Crippen LogP contribution in [-0.4, -0.2) is 33.7 Å². The smallest absolute Gasteiger partial charge is 0.319 e. The lowest BCUT2D eigenvalue weighted by molar-refractivity contribution is -0.130. The second-order valence-electron chi connectivity index (χ2n) is 7.81. The van der Waals surface area contributed by atoms with Crippen molar-refractivity contribution in [2.45, 2.75) is 26.3 Å². The number of Topliss-reactive ketones (excluding diaryl/α,β-unsaturated/α-hetero) is 1. The first-order valence-electron chi connectivity index (χ1n) is 9.90. The molecule has 1 N–H and O–H groups in total. The predicted octanol–water partition coefficient (Wildman–Crippen LogP) is 3.88. The fourth-order valence-corrected chi connectivity index (χ4v) is 4.09. The maximum atomic E-state index is 14.3. The number of amides is 3. The largest absolute Gasteiger partial charge is 0.325 e. The molecule has 1 atom stereocenters. The first-order chi connectivity index (χ1) is 14.7. The van der Waals surface area contributed by atoms with Crippen LogP contribution in [0.4, 0.5) is 9.18 Å². The maximum Gasteiger partial charge on any atom is 0.325 e. The van der Waals surface area contributed by atoms with Crippen molar-refractivity contribution in [1.29, 1.82) is 0 Å². The minimum atomic E-state index is -1.23. The zero-order chi connectivity index (χ0) is 22.3. The van der Waals surface area contributed by atoms with Gasteiger partial charge in [-0.05, 0) is 44.5 Å². The number of hydrogen-bond donors (Lipinski definition) is 1. The molecule has 0 radical (unpaired) electrons. The van der Waals surface area contributed by atoms with Crippen LogP contribution in [0.25, 0.3) is 5.69 Å². The summed E-state index contributed by atoms with van der Waals surface area (Å²) in [7, 11) is 0. The highest BCUT2D eigenvalue weighted by Crippen LogP contribution is 2.29. The fourth-order valence-electron chi connectivity index (χ4n) is 4.09. The van der Waals surface area contributed by atoms with Gasteiger partial charge in [0.2, 0.25) is 0 Å². The Morgan fingerprint density at radius 2 is 1.68 bits per heavy atom. The van der Waals surface area contributed by atoms with Crippen LogP contribution in [0.3, 0.4) is 0 Å². The van der Waals surface area contributed by atoms with Gasteiger partial charge in [0.25, 0.3) is 5.91 Å². The molecule has 2 aromatic carbocycles. The van der Waals surface area contributed by atoms with Gasteiger partial charge in [-0.15, -0.1) is 0 Å². The van der Waals surface area contributed by atoms with Crippen molar-refractivity contribution in [3.05, 3.63) is 89.0 Å². The van der Waals surface area contributed by atoms with Gasteiger partial charge in [-0.1, -0.05) is 42.5 Å². The molecule has 6 nitrogen and oxygen atoms in total. The van der Waals surface area contributed by atoms with Gasteiger partial charge in [0.1, 0.15) is 11.4 Å². The van der Waals surface area contributed by atoms with Gasteiger partial charge >= 0.3 is 6.03 Å². The topological polar surface area (TPSA) is 71.4 Å². The van der Waals surface area contributed by atoms with Crippen molar-refractivity contribution in [2.24, 2.45) is 0 Å². The number of aromatic nitrogens is 1. The molecule has 1 saturated heterocycles. The van der Waals surface area contributed by atoms with Gasteiger partial charge in [0.15, 0.2) is 5.78 Å². The third-order valence-electron chi connectivity index (χ3n) is 5.75. The fraction of sp³-hybridized carbons (Fsp3) is 0.208. The Morgan fingerprint density at radius 1 is 1.03 bits per heavy atom. The van der Waals surface area contributed by atoms with Crippen molar-refractivity contribution in [3.63, 3.8) is 0 Å². The van der Waals surface area contributed by atoms with Gasteiger partial charge in [0.05, 0.1) is 12.2 Å². The van der Waals surface area contributed by atoms with E-state index in [0.29, 0.717) is 28.2 Å². The van der Waals surface area contributed by atoms with Gasteiger partial charge in [-0.2, -0.15) is 0 Å². The van der Waals surface area contributed by atoms with Crippen LogP contribution in [-0.2, 0) is 10.3 Å². The van der Waals surface area contributed by atoms with Gasteiger partial charge < -0.3 is 9.88 Å². The molecular weight excluding hydrogens is 397 g/mol. The number of nitrogens with zero attached hydrogens (tertiary/aromatic N) is 2. The first kappa shape index (κ1) is 20.5. The number of carbonyl (C=O) groups excluding carboxylic acids is 3. The number of rotatable bonds is 5. The number of urea groups is 1. The molecule has 1 aliphatic rings. The van der Waals surface area contributed by atoms with E-state index in [1.807, 2.05) is 6.07 Å². The van der Waals surface area contributed by atoms with E-state index in [2.05, 4.69) is 5.32 Å². The molecule has 3 aromatic rings. The van der Waals surface area contributed by atoms with Crippen molar-refractivity contribution < 1.29 is 18.8 Å². The summed E-state index contributed by atoms with van der Waals surface area (Å²) >= 11 is 0. The van der Waals surface area contributed by atoms with Crippen molar-refractivity contribution in [2.75, 3.05) is 6.54 Å². The lowest BCUT2D eigenvalue weighted by atomic mass is 9.92. The number of benzene rings is 2. The van der Waals surface area contributed by atoms with Crippen LogP contribution in [0, 0.1) is 19.7 Å². The second kappa shape index (κ2) is 7.50. The zero-order valence-electron chi connectivity index (χ0n) is 17.5. The molecule has 1 aromatic heterocycles. The van der Waals surface area contributed by atoms with Crippen molar-refractivity contribution in [1.82, 2.24) is 14.8 Å². The zero-order valence-corrected chi connectivity index (χ0v) is 17.5. The van der Waals surface area contributed by atoms with E-state index in [4.69, 9.17) is 0 Å². The average Bonchev–Trinajstić information content (AvgIpc) is 3.17. The number of nitrogens with one attached hydrogen (secondary N) is 1. The summed E-state index contributed by atoms with van der Waals surface area (Å²) in [6.45, 7) is 4.72. The molecule has 0 aliphatic carbocycles. The van der Waals surface area contributed by atoms with Crippen LogP contribution in [0.1, 0.15) is 34.2 Å². The minimum absolute atomic E-state index is 0.336. The van der Waals surface area contributed by atoms with Gasteiger partial charge in [-0.25, -0.2) is 9.18 Å². The highest BCUT2D eigenvalue weighted by Gasteiger charge is 2.49. The second-order valence-corrected chi connectivity index (χ2v) is 7.81. The molecule has 7 heteroatoms. The molecule has 1 aliphatic heterocycles. The molecule has 1 fully saturated rings. The Hall–Kier alpha value is -3.74. The molecule has 1 unspecified atom stereocenters. The summed E-state index contributed by atoms with van der Waals surface area (Å²) in [4.78, 5) is 39.6. The number of imide groups is 1. The normalized spacial score (nSPS) is 18.4. The number of para-hydroxylation sites is 1. The summed E-state index contributed by atoms with van der Waals surface area (Å²) in [6, 6.07) is 16.2. The lowest BCUT2D eigenvalue weighted by Crippen LogP contribution is -2.41. The molecule has 158 valence electrons. The first-order valence-corrected chi connectivity index (χ1v) is 9.90. The summed E-state index contributed by atoms with van der Waals surface area (Å²) in [5, 5.41) is 2.70. The summed E-state index contributed by atoms with van der Waals surface area (Å²) in [5.41, 5.74) is 1.31. The molecular formula is C24H22FN3O3. The van der Waals surface area contributed by atoms with E-state index < -0.39 is 35.6 Å². The third-order valence-corrected chi connectivity index (χ3v) is 5.75. The van der Waals surface area contributed by atoms with Crippen molar-refractivity contribution in [3.8, 4) is 5.69 Å². The maximum absolute atomic E-state index is 14.3. The number of carbonyl (C=O) groups is 3. The molecule has 31 heavy (non-hydrogen) atoms. The number of ketones is 1. The summed E-state index contributed by atoms with van der Waals surface area (Å²) < 4.78 is 16.0. The van der Waals surface area contributed by atoms with Crippen LogP contribution in [0.15, 0.2) is 60.7 Å². The SMILES string of the molecule is Cc1cc(C(=O)CN2C(=O)NC(C)(c3ccccc3)C2=O)c(C)n1-c1ccccc1F. The Bertz CT molecular complexity index is 1200. The van der Waals surface area contributed by atoms with Gasteiger partial charge in [-0.3, -0.25) is 14.5 Å². The quantitative estimate of drug-likeness (QED) is 0.504. The molecule has 0 bridgehead atoms. The molecule has 0 saturated carbocycles. The van der Waals surface area contributed by atoms with Crippen LogP contribution < -0.4 is 5.32 Å². The average molecular weight is 419 g/mol. The number of halogens is 1. The molecule has 0 spiro atoms. The Morgan fingerprint density at radius 3 is 2.35 bits per heavy atom. The van der Waals surface area contributed by atoms with E-state index in [9.17, 15) is 18.8 Å². The van der Waals surface area contributed by atoms with E-state index in [1.165, 1.54) is 6.07 Å². The van der Waals surface area contributed by atoms with E-state index >= 15 is 0 Å². The Labute approximate surface area is 179 Å². The predicted molar refractivity (Wildman–Crippen MR) is 114 cm³/mol. The van der Waals surface area contributed by atoms with Crippen LogP contribution in [0.5, 0.6) is 0 Å².